The van der Waals surface area contributed by atoms with E-state index in [-0.39, 0.29) is 16.7 Å². The van der Waals surface area contributed by atoms with Crippen LogP contribution in [0, 0.1) is 12.7 Å². The number of hydrogen-bond acceptors (Lipinski definition) is 6. The highest BCUT2D eigenvalue weighted by Gasteiger charge is 2.33. The van der Waals surface area contributed by atoms with Gasteiger partial charge in [0.15, 0.2) is 5.17 Å². The van der Waals surface area contributed by atoms with E-state index < -0.39 is 20.7 Å². The molecule has 0 N–H and O–H groups in total. The molecular weight excluding hydrogens is 475 g/mol. The number of nitrogens with zero attached hydrogens (tertiary/aromatic N) is 2. The van der Waals surface area contributed by atoms with Crippen molar-refractivity contribution in [3.05, 3.63) is 64.1 Å². The van der Waals surface area contributed by atoms with E-state index >= 15 is 0 Å². The Labute approximate surface area is 197 Å². The first kappa shape index (κ1) is 24.4. The standard InChI is InChI=1S/C22H24ClFN2O4S2/c1-5-15-11-25-22(31-13-15)26(12-16-6-7-17(29-3)9-20(16)30-4)32(27,28)21-10-18(23)14(2)8-19(21)24/h6-11H,5,12-13H2,1-4H3. The van der Waals surface area contributed by atoms with Crippen LogP contribution >= 0.6 is 23.4 Å². The normalized spacial score (nSPS) is 13.9. The fourth-order valence-corrected chi connectivity index (χ4v) is 6.03. The van der Waals surface area contributed by atoms with Gasteiger partial charge < -0.3 is 9.47 Å². The van der Waals surface area contributed by atoms with Crippen molar-refractivity contribution in [1.82, 2.24) is 4.31 Å². The van der Waals surface area contributed by atoms with Gasteiger partial charge in [0.25, 0.3) is 10.0 Å². The van der Waals surface area contributed by atoms with Crippen molar-refractivity contribution in [3.8, 4) is 11.5 Å². The molecule has 0 radical (unpaired) electrons. The minimum absolute atomic E-state index is 0.110. The molecule has 0 saturated heterocycles. The third kappa shape index (κ3) is 5.05. The molecule has 0 aromatic heterocycles. The highest BCUT2D eigenvalue weighted by atomic mass is 35.5. The first-order valence-electron chi connectivity index (χ1n) is 9.79. The molecule has 32 heavy (non-hydrogen) atoms. The minimum Gasteiger partial charge on any atom is -0.497 e. The maximum absolute atomic E-state index is 14.8. The summed E-state index contributed by atoms with van der Waals surface area (Å²) in [7, 11) is -1.31. The zero-order valence-corrected chi connectivity index (χ0v) is 20.6. The lowest BCUT2D eigenvalue weighted by molar-refractivity contribution is 0.388. The summed E-state index contributed by atoms with van der Waals surface area (Å²) in [6.45, 7) is 3.51. The number of benzene rings is 2. The first-order chi connectivity index (χ1) is 15.2. The molecule has 10 heteroatoms. The second-order valence-electron chi connectivity index (χ2n) is 7.06. The summed E-state index contributed by atoms with van der Waals surface area (Å²) < 4.78 is 53.8. The zero-order valence-electron chi connectivity index (χ0n) is 18.2. The Morgan fingerprint density at radius 1 is 1.22 bits per heavy atom. The molecular formula is C22H24ClFN2O4S2. The third-order valence-electron chi connectivity index (χ3n) is 5.00. The zero-order chi connectivity index (χ0) is 23.5. The molecule has 0 spiro atoms. The first-order valence-corrected chi connectivity index (χ1v) is 12.6. The molecule has 0 fully saturated rings. The lowest BCUT2D eigenvalue weighted by atomic mass is 10.2. The van der Waals surface area contributed by atoms with Crippen molar-refractivity contribution in [1.29, 1.82) is 0 Å². The Bertz CT molecular complexity index is 1180. The van der Waals surface area contributed by atoms with Gasteiger partial charge in [0.2, 0.25) is 0 Å². The van der Waals surface area contributed by atoms with E-state index in [1.54, 1.807) is 31.3 Å². The van der Waals surface area contributed by atoms with Gasteiger partial charge in [0.1, 0.15) is 22.2 Å². The third-order valence-corrected chi connectivity index (χ3v) is 8.37. The van der Waals surface area contributed by atoms with E-state index in [0.29, 0.717) is 28.4 Å². The molecule has 0 unspecified atom stereocenters. The van der Waals surface area contributed by atoms with Crippen LogP contribution in [-0.4, -0.2) is 37.9 Å². The second kappa shape index (κ2) is 10.1. The Hall–Kier alpha value is -2.23. The van der Waals surface area contributed by atoms with Gasteiger partial charge >= 0.3 is 0 Å². The SMILES string of the molecule is CCC1=CN=C(N(Cc2ccc(OC)cc2OC)S(=O)(=O)c2cc(Cl)c(C)cc2F)SC1. The molecule has 2 aromatic carbocycles. The largest absolute Gasteiger partial charge is 0.497 e. The molecule has 0 aliphatic carbocycles. The fraction of sp³-hybridized carbons (Fsp3) is 0.318. The summed E-state index contributed by atoms with van der Waals surface area (Å²) >= 11 is 7.42. The quantitative estimate of drug-likeness (QED) is 0.511. The Morgan fingerprint density at radius 2 is 1.97 bits per heavy atom. The van der Waals surface area contributed by atoms with Crippen molar-refractivity contribution < 1.29 is 22.3 Å². The average molecular weight is 499 g/mol. The van der Waals surface area contributed by atoms with Crippen molar-refractivity contribution in [3.63, 3.8) is 0 Å². The summed E-state index contributed by atoms with van der Waals surface area (Å²) in [5.74, 6) is 0.734. The van der Waals surface area contributed by atoms with Gasteiger partial charge in [-0.15, -0.1) is 0 Å². The van der Waals surface area contributed by atoms with Gasteiger partial charge in [-0.25, -0.2) is 22.1 Å². The van der Waals surface area contributed by atoms with Crippen LogP contribution in [0.15, 0.2) is 52.0 Å². The van der Waals surface area contributed by atoms with Crippen LogP contribution in [-0.2, 0) is 16.6 Å². The molecule has 1 aliphatic rings. The van der Waals surface area contributed by atoms with Crippen LogP contribution in [0.3, 0.4) is 0 Å². The number of ether oxygens (including phenoxy) is 2. The molecule has 1 heterocycles. The van der Waals surface area contributed by atoms with Crippen LogP contribution in [0.25, 0.3) is 0 Å². The van der Waals surface area contributed by atoms with Crippen molar-refractivity contribution in [2.24, 2.45) is 4.99 Å². The second-order valence-corrected chi connectivity index (χ2v) is 10.2. The number of rotatable bonds is 7. The van der Waals surface area contributed by atoms with E-state index in [9.17, 15) is 12.8 Å². The van der Waals surface area contributed by atoms with Gasteiger partial charge in [0.05, 0.1) is 20.8 Å². The molecule has 3 rings (SSSR count). The van der Waals surface area contributed by atoms with E-state index in [0.717, 1.165) is 28.4 Å². The van der Waals surface area contributed by atoms with Crippen LogP contribution < -0.4 is 9.47 Å². The summed E-state index contributed by atoms with van der Waals surface area (Å²) in [5, 5.41) is 0.412. The number of aryl methyl sites for hydroxylation is 1. The molecule has 0 amide bonds. The van der Waals surface area contributed by atoms with E-state index in [4.69, 9.17) is 21.1 Å². The molecule has 0 saturated carbocycles. The molecule has 0 bridgehead atoms. The highest BCUT2D eigenvalue weighted by molar-refractivity contribution is 8.15. The molecule has 172 valence electrons. The van der Waals surface area contributed by atoms with Gasteiger partial charge in [-0.2, -0.15) is 0 Å². The maximum atomic E-state index is 14.8. The topological polar surface area (TPSA) is 68.2 Å². The summed E-state index contributed by atoms with van der Waals surface area (Å²) in [5.41, 5.74) is 2.11. The van der Waals surface area contributed by atoms with Crippen molar-refractivity contribution >= 4 is 38.6 Å². The maximum Gasteiger partial charge on any atom is 0.269 e. The molecule has 2 aromatic rings. The smallest absolute Gasteiger partial charge is 0.269 e. The Kier molecular flexibility index (Phi) is 7.74. The van der Waals surface area contributed by atoms with E-state index in [1.807, 2.05) is 6.92 Å². The lowest BCUT2D eigenvalue weighted by Crippen LogP contribution is -2.36. The van der Waals surface area contributed by atoms with E-state index in [2.05, 4.69) is 4.99 Å². The van der Waals surface area contributed by atoms with Crippen molar-refractivity contribution in [2.75, 3.05) is 20.0 Å². The molecule has 1 aliphatic heterocycles. The summed E-state index contributed by atoms with van der Waals surface area (Å²) in [6, 6.07) is 7.33. The van der Waals surface area contributed by atoms with Crippen LogP contribution in [0.4, 0.5) is 4.39 Å². The highest BCUT2D eigenvalue weighted by Crippen LogP contribution is 2.33. The Morgan fingerprint density at radius 3 is 2.56 bits per heavy atom. The van der Waals surface area contributed by atoms with Crippen LogP contribution in [0.2, 0.25) is 5.02 Å². The molecule has 0 atom stereocenters. The number of aliphatic imine (C=N–C) groups is 1. The minimum atomic E-state index is -4.33. The summed E-state index contributed by atoms with van der Waals surface area (Å²) in [4.78, 5) is 3.87. The van der Waals surface area contributed by atoms with Gasteiger partial charge in [-0.3, -0.25) is 0 Å². The average Bonchev–Trinajstić information content (AvgIpc) is 2.79. The van der Waals surface area contributed by atoms with E-state index in [1.165, 1.54) is 26.0 Å². The number of amidine groups is 1. The van der Waals surface area contributed by atoms with Crippen LogP contribution in [0.5, 0.6) is 11.5 Å². The van der Waals surface area contributed by atoms with Crippen LogP contribution in [0.1, 0.15) is 24.5 Å². The monoisotopic (exact) mass is 498 g/mol. The number of methoxy groups -OCH3 is 2. The van der Waals surface area contributed by atoms with Gasteiger partial charge in [-0.1, -0.05) is 30.3 Å². The number of halogens is 2. The summed E-state index contributed by atoms with van der Waals surface area (Å²) in [6.07, 6.45) is 2.48. The fourth-order valence-electron chi connectivity index (χ4n) is 3.05. The van der Waals surface area contributed by atoms with Gasteiger partial charge in [-0.05, 0) is 48.7 Å². The van der Waals surface area contributed by atoms with Crippen molar-refractivity contribution in [2.45, 2.75) is 31.7 Å². The lowest BCUT2D eigenvalue weighted by Gasteiger charge is -2.27. The number of hydrogen-bond donors (Lipinski definition) is 0. The predicted molar refractivity (Wildman–Crippen MR) is 127 cm³/mol. The number of thioether (sulfide) groups is 1. The van der Waals surface area contributed by atoms with Gasteiger partial charge in [0, 0.05) is 28.6 Å². The Balaban J connectivity index is 2.13. The number of sulfonamides is 1. The predicted octanol–water partition coefficient (Wildman–Crippen LogP) is 5.39. The molecule has 6 nitrogen and oxygen atoms in total.